The van der Waals surface area contributed by atoms with Gasteiger partial charge in [-0.15, -0.1) is 0 Å². The molecule has 1 fully saturated rings. The minimum absolute atomic E-state index is 0.461. The Balaban J connectivity index is 1.99. The summed E-state index contributed by atoms with van der Waals surface area (Å²) in [5.74, 6) is 1.52. The van der Waals surface area contributed by atoms with Gasteiger partial charge in [0.1, 0.15) is 17.3 Å². The molecule has 0 spiro atoms. The number of aromatic nitrogens is 4. The van der Waals surface area contributed by atoms with Gasteiger partial charge in [-0.2, -0.15) is 19.6 Å². The van der Waals surface area contributed by atoms with Crippen molar-refractivity contribution in [2.75, 3.05) is 38.1 Å². The van der Waals surface area contributed by atoms with Crippen LogP contribution >= 0.6 is 11.6 Å². The minimum atomic E-state index is 0.461. The SMILES string of the molecule is CN1CCCN(c2cc(Cl)nc3ncnn23)CC1. The lowest BCUT2D eigenvalue weighted by Gasteiger charge is -2.22. The minimum Gasteiger partial charge on any atom is -0.355 e. The molecule has 3 rings (SSSR count). The molecule has 0 N–H and O–H groups in total. The quantitative estimate of drug-likeness (QED) is 0.719. The molecule has 0 atom stereocenters. The van der Waals surface area contributed by atoms with Gasteiger partial charge in [-0.05, 0) is 20.0 Å². The Labute approximate surface area is 110 Å². The first kappa shape index (κ1) is 11.7. The van der Waals surface area contributed by atoms with E-state index >= 15 is 0 Å². The van der Waals surface area contributed by atoms with E-state index in [1.165, 1.54) is 6.33 Å². The van der Waals surface area contributed by atoms with Crippen LogP contribution in [0.1, 0.15) is 6.42 Å². The van der Waals surface area contributed by atoms with Crippen molar-refractivity contribution in [3.8, 4) is 0 Å². The van der Waals surface area contributed by atoms with Crippen LogP contribution in [0.3, 0.4) is 0 Å². The first-order valence-corrected chi connectivity index (χ1v) is 6.41. The van der Waals surface area contributed by atoms with Gasteiger partial charge in [-0.1, -0.05) is 11.6 Å². The Hall–Kier alpha value is -1.40. The molecule has 18 heavy (non-hydrogen) atoms. The van der Waals surface area contributed by atoms with Crippen LogP contribution in [0.25, 0.3) is 5.78 Å². The van der Waals surface area contributed by atoms with Gasteiger partial charge in [0.05, 0.1) is 0 Å². The fourth-order valence-corrected chi connectivity index (χ4v) is 2.44. The maximum atomic E-state index is 6.04. The topological polar surface area (TPSA) is 49.6 Å². The second-order valence-electron chi connectivity index (χ2n) is 4.55. The predicted molar refractivity (Wildman–Crippen MR) is 70.1 cm³/mol. The Morgan fingerprint density at radius 3 is 3.00 bits per heavy atom. The second-order valence-corrected chi connectivity index (χ2v) is 4.94. The second kappa shape index (κ2) is 4.70. The van der Waals surface area contributed by atoms with Crippen molar-refractivity contribution in [1.82, 2.24) is 24.5 Å². The van der Waals surface area contributed by atoms with Crippen LogP contribution in [0.5, 0.6) is 0 Å². The Morgan fingerprint density at radius 2 is 2.11 bits per heavy atom. The summed E-state index contributed by atoms with van der Waals surface area (Å²) < 4.78 is 1.75. The first-order chi connectivity index (χ1) is 8.74. The normalized spacial score (nSPS) is 18.2. The smallest absolute Gasteiger partial charge is 0.255 e. The Bertz CT molecular complexity index is 553. The number of likely N-dealkylation sites (N-methyl/N-ethyl adjacent to an activating group) is 1. The van der Waals surface area contributed by atoms with E-state index in [2.05, 4.69) is 31.9 Å². The number of halogens is 1. The Morgan fingerprint density at radius 1 is 1.22 bits per heavy atom. The van der Waals surface area contributed by atoms with Gasteiger partial charge in [0, 0.05) is 25.7 Å². The first-order valence-electron chi connectivity index (χ1n) is 6.04. The summed E-state index contributed by atoms with van der Waals surface area (Å²) in [6, 6.07) is 1.86. The highest BCUT2D eigenvalue weighted by Crippen LogP contribution is 2.20. The number of hydrogen-bond acceptors (Lipinski definition) is 5. The Kier molecular flexibility index (Phi) is 3.05. The zero-order chi connectivity index (χ0) is 12.5. The van der Waals surface area contributed by atoms with Crippen LogP contribution in [0.2, 0.25) is 5.15 Å². The van der Waals surface area contributed by atoms with Crippen LogP contribution in [0, 0.1) is 0 Å². The summed E-state index contributed by atoms with van der Waals surface area (Å²) >= 11 is 6.04. The van der Waals surface area contributed by atoms with Gasteiger partial charge in [-0.25, -0.2) is 0 Å². The number of fused-ring (bicyclic) bond motifs is 1. The van der Waals surface area contributed by atoms with Crippen molar-refractivity contribution in [2.24, 2.45) is 0 Å². The van der Waals surface area contributed by atoms with Crippen LogP contribution in [-0.4, -0.2) is 57.7 Å². The maximum absolute atomic E-state index is 6.04. The van der Waals surface area contributed by atoms with E-state index in [0.29, 0.717) is 10.9 Å². The largest absolute Gasteiger partial charge is 0.355 e. The number of hydrogen-bond donors (Lipinski definition) is 0. The fourth-order valence-electron chi connectivity index (χ4n) is 2.27. The maximum Gasteiger partial charge on any atom is 0.255 e. The fraction of sp³-hybridized carbons (Fsp3) is 0.545. The molecule has 2 aromatic heterocycles. The van der Waals surface area contributed by atoms with Gasteiger partial charge >= 0.3 is 0 Å². The monoisotopic (exact) mass is 266 g/mol. The van der Waals surface area contributed by atoms with Crippen LogP contribution in [-0.2, 0) is 0 Å². The van der Waals surface area contributed by atoms with Crippen molar-refractivity contribution in [3.05, 3.63) is 17.5 Å². The van der Waals surface area contributed by atoms with Gasteiger partial charge < -0.3 is 9.80 Å². The predicted octanol–water partition coefficient (Wildman–Crippen LogP) is 0.920. The summed E-state index contributed by atoms with van der Waals surface area (Å²) in [6.45, 7) is 4.12. The number of nitrogens with zero attached hydrogens (tertiary/aromatic N) is 6. The van der Waals surface area contributed by atoms with Gasteiger partial charge in [0.25, 0.3) is 5.78 Å². The molecule has 0 unspecified atom stereocenters. The molecule has 1 aliphatic heterocycles. The summed E-state index contributed by atoms with van der Waals surface area (Å²) in [4.78, 5) is 12.9. The highest BCUT2D eigenvalue weighted by molar-refractivity contribution is 6.29. The molecule has 0 amide bonds. The van der Waals surface area contributed by atoms with E-state index in [-0.39, 0.29) is 0 Å². The van der Waals surface area contributed by atoms with Gasteiger partial charge in [-0.3, -0.25) is 0 Å². The third kappa shape index (κ3) is 2.13. The highest BCUT2D eigenvalue weighted by Gasteiger charge is 2.17. The molecular weight excluding hydrogens is 252 g/mol. The van der Waals surface area contributed by atoms with Crippen molar-refractivity contribution in [3.63, 3.8) is 0 Å². The molecule has 7 heteroatoms. The summed E-state index contributed by atoms with van der Waals surface area (Å²) in [7, 11) is 2.15. The van der Waals surface area contributed by atoms with Crippen LogP contribution in [0.4, 0.5) is 5.82 Å². The van der Waals surface area contributed by atoms with Gasteiger partial charge in [0.15, 0.2) is 0 Å². The number of rotatable bonds is 1. The molecule has 2 aromatic rings. The van der Waals surface area contributed by atoms with Crippen molar-refractivity contribution >= 4 is 23.2 Å². The molecular formula is C11H15ClN6. The molecule has 0 saturated carbocycles. The molecule has 0 aromatic carbocycles. The average Bonchev–Trinajstić information content (AvgIpc) is 2.70. The highest BCUT2D eigenvalue weighted by atomic mass is 35.5. The van der Waals surface area contributed by atoms with Crippen LogP contribution in [0.15, 0.2) is 12.4 Å². The van der Waals surface area contributed by atoms with Crippen molar-refractivity contribution < 1.29 is 0 Å². The molecule has 0 radical (unpaired) electrons. The van der Waals surface area contributed by atoms with E-state index in [4.69, 9.17) is 11.6 Å². The van der Waals surface area contributed by atoms with Crippen molar-refractivity contribution in [1.29, 1.82) is 0 Å². The summed E-state index contributed by atoms with van der Waals surface area (Å²) in [5.41, 5.74) is 0. The zero-order valence-electron chi connectivity index (χ0n) is 10.3. The lowest BCUT2D eigenvalue weighted by atomic mass is 10.4. The third-order valence-corrected chi connectivity index (χ3v) is 3.44. The lowest BCUT2D eigenvalue weighted by molar-refractivity contribution is 0.360. The standard InChI is InChI=1S/C11H15ClN6/c1-16-3-2-4-17(6-5-16)10-7-9(12)15-11-13-8-14-18(10)11/h7-8H,2-6H2,1H3. The molecule has 96 valence electrons. The molecule has 0 bridgehead atoms. The third-order valence-electron chi connectivity index (χ3n) is 3.25. The number of anilines is 1. The van der Waals surface area contributed by atoms with Crippen molar-refractivity contribution in [2.45, 2.75) is 6.42 Å². The molecule has 0 aliphatic carbocycles. The van der Waals surface area contributed by atoms with E-state index in [1.54, 1.807) is 4.52 Å². The zero-order valence-corrected chi connectivity index (χ0v) is 11.0. The average molecular weight is 267 g/mol. The molecule has 1 aliphatic rings. The van der Waals surface area contributed by atoms with E-state index < -0.39 is 0 Å². The van der Waals surface area contributed by atoms with E-state index in [0.717, 1.165) is 38.4 Å². The van der Waals surface area contributed by atoms with Crippen LogP contribution < -0.4 is 4.90 Å². The molecule has 6 nitrogen and oxygen atoms in total. The van der Waals surface area contributed by atoms with Gasteiger partial charge in [0.2, 0.25) is 0 Å². The molecule has 3 heterocycles. The molecule has 1 saturated heterocycles. The van der Waals surface area contributed by atoms with E-state index in [9.17, 15) is 0 Å². The lowest BCUT2D eigenvalue weighted by Crippen LogP contribution is -2.30. The van der Waals surface area contributed by atoms with E-state index in [1.807, 2.05) is 6.07 Å². The summed E-state index contributed by atoms with van der Waals surface area (Å²) in [6.07, 6.45) is 2.64. The summed E-state index contributed by atoms with van der Waals surface area (Å²) in [5, 5.41) is 4.67.